The Kier molecular flexibility index (Phi) is 5.89. The largest absolute Gasteiger partial charge is 0.481 e. The third-order valence-corrected chi connectivity index (χ3v) is 4.25. The Hall–Kier alpha value is -1.49. The van der Waals surface area contributed by atoms with Gasteiger partial charge in [-0.3, -0.25) is 9.59 Å². The minimum absolute atomic E-state index is 0.0515. The predicted octanol–water partition coefficient (Wildman–Crippen LogP) is 3.27. The van der Waals surface area contributed by atoms with Gasteiger partial charge in [-0.05, 0) is 25.0 Å². The smallest absolute Gasteiger partial charge is 0.303 e. The van der Waals surface area contributed by atoms with E-state index >= 15 is 0 Å². The van der Waals surface area contributed by atoms with Crippen LogP contribution in [0.5, 0.6) is 0 Å². The molecule has 4 nitrogen and oxygen atoms in total. The van der Waals surface area contributed by atoms with Crippen molar-refractivity contribution in [2.45, 2.75) is 42.2 Å². The van der Waals surface area contributed by atoms with Crippen LogP contribution in [0.1, 0.15) is 32.6 Å². The number of carbonyl (C=O) groups is 2. The molecule has 0 radical (unpaired) electrons. The summed E-state index contributed by atoms with van der Waals surface area (Å²) in [4.78, 5) is 22.5. The Morgan fingerprint density at radius 3 is 1.95 bits per heavy atom. The topological polar surface area (TPSA) is 74.6 Å². The van der Waals surface area contributed by atoms with E-state index in [0.29, 0.717) is 12.8 Å². The molecule has 0 amide bonds. The lowest BCUT2D eigenvalue weighted by Crippen LogP contribution is -2.22. The highest BCUT2D eigenvalue weighted by molar-refractivity contribution is 8.00. The zero-order valence-electron chi connectivity index (χ0n) is 10.8. The second-order valence-electron chi connectivity index (χ2n) is 4.65. The minimum atomic E-state index is -0.852. The van der Waals surface area contributed by atoms with Crippen molar-refractivity contribution >= 4 is 23.7 Å². The molecular formula is C14H18O4S. The van der Waals surface area contributed by atoms with E-state index in [1.165, 1.54) is 0 Å². The van der Waals surface area contributed by atoms with Gasteiger partial charge in [0, 0.05) is 22.5 Å². The van der Waals surface area contributed by atoms with Gasteiger partial charge < -0.3 is 10.2 Å². The summed E-state index contributed by atoms with van der Waals surface area (Å²) in [5.74, 6) is -1.70. The van der Waals surface area contributed by atoms with E-state index in [9.17, 15) is 9.59 Å². The van der Waals surface area contributed by atoms with Crippen molar-refractivity contribution < 1.29 is 19.8 Å². The van der Waals surface area contributed by atoms with Crippen LogP contribution in [0, 0.1) is 0 Å². The molecule has 1 rings (SSSR count). The average molecular weight is 282 g/mol. The zero-order valence-corrected chi connectivity index (χ0v) is 11.7. The maximum atomic E-state index is 10.7. The molecule has 0 heterocycles. The van der Waals surface area contributed by atoms with Crippen molar-refractivity contribution in [3.63, 3.8) is 0 Å². The second-order valence-corrected chi connectivity index (χ2v) is 6.31. The molecule has 0 aromatic heterocycles. The molecule has 2 N–H and O–H groups in total. The number of rotatable bonds is 8. The SMILES string of the molecule is CC(CCC(=O)O)(CCC(=O)O)Sc1ccccc1. The second kappa shape index (κ2) is 7.19. The van der Waals surface area contributed by atoms with E-state index in [1.807, 2.05) is 37.3 Å². The quantitative estimate of drug-likeness (QED) is 0.716. The molecular weight excluding hydrogens is 264 g/mol. The molecule has 0 saturated heterocycles. The van der Waals surface area contributed by atoms with E-state index in [1.54, 1.807) is 11.8 Å². The van der Waals surface area contributed by atoms with Gasteiger partial charge in [0.25, 0.3) is 0 Å². The third kappa shape index (κ3) is 6.29. The Morgan fingerprint density at radius 1 is 1.05 bits per heavy atom. The van der Waals surface area contributed by atoms with Crippen LogP contribution < -0.4 is 0 Å². The van der Waals surface area contributed by atoms with Gasteiger partial charge in [-0.25, -0.2) is 0 Å². The number of aliphatic carboxylic acids is 2. The van der Waals surface area contributed by atoms with Crippen molar-refractivity contribution in [3.8, 4) is 0 Å². The Morgan fingerprint density at radius 2 is 1.53 bits per heavy atom. The summed E-state index contributed by atoms with van der Waals surface area (Å²) in [5, 5.41) is 17.6. The Bertz CT molecular complexity index is 412. The van der Waals surface area contributed by atoms with Gasteiger partial charge in [0.05, 0.1) is 0 Å². The van der Waals surface area contributed by atoms with Crippen LogP contribution in [0.3, 0.4) is 0 Å². The van der Waals surface area contributed by atoms with Crippen LogP contribution in [-0.4, -0.2) is 26.9 Å². The highest BCUT2D eigenvalue weighted by atomic mass is 32.2. The van der Waals surface area contributed by atoms with E-state index in [2.05, 4.69) is 0 Å². The number of hydrogen-bond acceptors (Lipinski definition) is 3. The highest BCUT2D eigenvalue weighted by Crippen LogP contribution is 2.39. The van der Waals surface area contributed by atoms with Crippen LogP contribution in [-0.2, 0) is 9.59 Å². The van der Waals surface area contributed by atoms with Crippen LogP contribution in [0.15, 0.2) is 35.2 Å². The van der Waals surface area contributed by atoms with Crippen LogP contribution in [0.25, 0.3) is 0 Å². The molecule has 0 aliphatic heterocycles. The third-order valence-electron chi connectivity index (χ3n) is 2.84. The fourth-order valence-electron chi connectivity index (χ4n) is 1.74. The number of benzene rings is 1. The zero-order chi connectivity index (χ0) is 14.3. The summed E-state index contributed by atoms with van der Waals surface area (Å²) >= 11 is 1.55. The first-order valence-electron chi connectivity index (χ1n) is 6.09. The first kappa shape index (κ1) is 15.6. The molecule has 0 atom stereocenters. The normalized spacial score (nSPS) is 11.2. The Labute approximate surface area is 116 Å². The molecule has 19 heavy (non-hydrogen) atoms. The van der Waals surface area contributed by atoms with E-state index in [-0.39, 0.29) is 17.6 Å². The van der Waals surface area contributed by atoms with E-state index < -0.39 is 11.9 Å². The van der Waals surface area contributed by atoms with Gasteiger partial charge in [0.15, 0.2) is 0 Å². The molecule has 0 aliphatic carbocycles. The van der Waals surface area contributed by atoms with Crippen molar-refractivity contribution in [1.82, 2.24) is 0 Å². The van der Waals surface area contributed by atoms with Crippen molar-refractivity contribution in [2.24, 2.45) is 0 Å². The molecule has 0 fully saturated rings. The van der Waals surface area contributed by atoms with Crippen molar-refractivity contribution in [1.29, 1.82) is 0 Å². The minimum Gasteiger partial charge on any atom is -0.481 e. The van der Waals surface area contributed by atoms with Crippen LogP contribution in [0.4, 0.5) is 0 Å². The summed E-state index contributed by atoms with van der Waals surface area (Å²) in [6, 6.07) is 9.64. The lowest BCUT2D eigenvalue weighted by Gasteiger charge is -2.28. The highest BCUT2D eigenvalue weighted by Gasteiger charge is 2.27. The van der Waals surface area contributed by atoms with Gasteiger partial charge in [-0.2, -0.15) is 0 Å². The summed E-state index contributed by atoms with van der Waals surface area (Å²) in [5.41, 5.74) is 0. The van der Waals surface area contributed by atoms with Crippen LogP contribution >= 0.6 is 11.8 Å². The van der Waals surface area contributed by atoms with E-state index in [0.717, 1.165) is 4.90 Å². The summed E-state index contributed by atoms with van der Waals surface area (Å²) < 4.78 is -0.377. The van der Waals surface area contributed by atoms with E-state index in [4.69, 9.17) is 10.2 Å². The van der Waals surface area contributed by atoms with Crippen molar-refractivity contribution in [2.75, 3.05) is 0 Å². The van der Waals surface area contributed by atoms with Gasteiger partial charge in [-0.1, -0.05) is 25.1 Å². The monoisotopic (exact) mass is 282 g/mol. The maximum Gasteiger partial charge on any atom is 0.303 e. The first-order valence-corrected chi connectivity index (χ1v) is 6.91. The molecule has 0 unspecified atom stereocenters. The molecule has 5 heteroatoms. The molecule has 0 aliphatic rings. The maximum absolute atomic E-state index is 10.7. The van der Waals surface area contributed by atoms with Gasteiger partial charge in [-0.15, -0.1) is 11.8 Å². The molecule has 0 bridgehead atoms. The molecule has 0 saturated carbocycles. The lowest BCUT2D eigenvalue weighted by atomic mass is 9.98. The summed E-state index contributed by atoms with van der Waals surface area (Å²) in [6.45, 7) is 1.93. The predicted molar refractivity (Wildman–Crippen MR) is 74.4 cm³/mol. The average Bonchev–Trinajstić information content (AvgIpc) is 2.36. The summed E-state index contributed by atoms with van der Waals surface area (Å²) in [7, 11) is 0. The first-order chi connectivity index (χ1) is 8.91. The fraction of sp³-hybridized carbons (Fsp3) is 0.429. The number of carboxylic acid groups (broad SMARTS) is 2. The van der Waals surface area contributed by atoms with Gasteiger partial charge in [0.1, 0.15) is 0 Å². The number of carboxylic acids is 2. The molecule has 1 aromatic carbocycles. The summed E-state index contributed by atoms with van der Waals surface area (Å²) in [6.07, 6.45) is 1.01. The van der Waals surface area contributed by atoms with Crippen LogP contribution in [0.2, 0.25) is 0 Å². The molecule has 1 aromatic rings. The van der Waals surface area contributed by atoms with Crippen molar-refractivity contribution in [3.05, 3.63) is 30.3 Å². The Balaban J connectivity index is 2.72. The van der Waals surface area contributed by atoms with Gasteiger partial charge >= 0.3 is 11.9 Å². The standard InChI is InChI=1S/C14H18O4S/c1-14(9-7-12(15)16,10-8-13(17)18)19-11-5-3-2-4-6-11/h2-6H,7-10H2,1H3,(H,15,16)(H,17,18). The lowest BCUT2D eigenvalue weighted by molar-refractivity contribution is -0.137. The molecule has 104 valence electrons. The number of hydrogen-bond donors (Lipinski definition) is 2. The molecule has 0 spiro atoms. The number of thioether (sulfide) groups is 1. The van der Waals surface area contributed by atoms with Gasteiger partial charge in [0.2, 0.25) is 0 Å². The fourth-order valence-corrected chi connectivity index (χ4v) is 3.01.